The monoisotopic (exact) mass is 377 g/mol. The smallest absolute Gasteiger partial charge is 0.314 e. The van der Waals surface area contributed by atoms with Crippen molar-refractivity contribution in [2.24, 2.45) is 0 Å². The minimum atomic E-state index is -0.906. The van der Waals surface area contributed by atoms with Gasteiger partial charge in [-0.25, -0.2) is 0 Å². The first-order valence-corrected chi connectivity index (χ1v) is 7.29. The molecule has 0 unspecified atom stereocenters. The van der Waals surface area contributed by atoms with Crippen LogP contribution < -0.4 is 10.6 Å². The van der Waals surface area contributed by atoms with Crippen molar-refractivity contribution >= 4 is 44.8 Å². The summed E-state index contributed by atoms with van der Waals surface area (Å²) in [6.07, 6.45) is 0. The van der Waals surface area contributed by atoms with Crippen LogP contribution in [0.4, 0.5) is 17.1 Å². The lowest BCUT2D eigenvalue weighted by molar-refractivity contribution is -0.384. The normalized spacial score (nSPS) is 10.0. The summed E-state index contributed by atoms with van der Waals surface area (Å²) in [6.45, 7) is 1.67. The first kappa shape index (κ1) is 16.6. The molecule has 0 aromatic heterocycles. The Bertz CT molecular complexity index is 775. The molecule has 2 aromatic carbocycles. The summed E-state index contributed by atoms with van der Waals surface area (Å²) < 4.78 is 0.840. The fourth-order valence-electron chi connectivity index (χ4n) is 1.76. The summed E-state index contributed by atoms with van der Waals surface area (Å²) in [7, 11) is 0. The number of carbonyl (C=O) groups is 2. The summed E-state index contributed by atoms with van der Waals surface area (Å²) in [5.41, 5.74) is 1.12. The number of amides is 2. The molecule has 0 aliphatic heterocycles. The van der Waals surface area contributed by atoms with E-state index in [1.807, 2.05) is 0 Å². The zero-order chi connectivity index (χ0) is 17.0. The number of benzene rings is 2. The zero-order valence-electron chi connectivity index (χ0n) is 12.0. The molecule has 0 aliphatic rings. The second-order valence-corrected chi connectivity index (χ2v) is 5.59. The minimum absolute atomic E-state index is 0.167. The van der Waals surface area contributed by atoms with Gasteiger partial charge in [0.1, 0.15) is 0 Å². The molecule has 7 nitrogen and oxygen atoms in total. The van der Waals surface area contributed by atoms with Gasteiger partial charge in [-0.1, -0.05) is 22.0 Å². The van der Waals surface area contributed by atoms with Gasteiger partial charge in [-0.3, -0.25) is 19.7 Å². The highest BCUT2D eigenvalue weighted by Crippen LogP contribution is 2.22. The Morgan fingerprint density at radius 3 is 2.26 bits per heavy atom. The summed E-state index contributed by atoms with van der Waals surface area (Å²) in [5.74, 6) is -1.77. The van der Waals surface area contributed by atoms with Crippen molar-refractivity contribution in [1.82, 2.24) is 0 Å². The molecule has 23 heavy (non-hydrogen) atoms. The molecule has 2 amide bonds. The number of hydrogen-bond acceptors (Lipinski definition) is 4. The molecule has 2 rings (SSSR count). The number of non-ortho nitro benzene ring substituents is 1. The standard InChI is InChI=1S/C15H12BrN3O4/c1-9-2-7-12(19(22)23)8-13(9)18-15(21)14(20)17-11-5-3-10(16)4-6-11/h2-8H,1H3,(H,17,20)(H,18,21). The van der Waals surface area contributed by atoms with Gasteiger partial charge in [0.15, 0.2) is 0 Å². The third-order valence-corrected chi connectivity index (χ3v) is 3.52. The average molecular weight is 378 g/mol. The molecule has 0 radical (unpaired) electrons. The molecular formula is C15H12BrN3O4. The van der Waals surface area contributed by atoms with Crippen molar-refractivity contribution in [2.75, 3.05) is 10.6 Å². The van der Waals surface area contributed by atoms with Crippen LogP contribution in [0.25, 0.3) is 0 Å². The van der Waals surface area contributed by atoms with E-state index in [9.17, 15) is 19.7 Å². The molecule has 118 valence electrons. The molecule has 0 saturated carbocycles. The van der Waals surface area contributed by atoms with Crippen LogP contribution in [-0.2, 0) is 9.59 Å². The van der Waals surface area contributed by atoms with E-state index < -0.39 is 16.7 Å². The largest absolute Gasteiger partial charge is 0.318 e. The van der Waals surface area contributed by atoms with Gasteiger partial charge in [-0.2, -0.15) is 0 Å². The molecule has 0 atom stereocenters. The second-order valence-electron chi connectivity index (χ2n) is 4.67. The Labute approximate surface area is 140 Å². The third-order valence-electron chi connectivity index (χ3n) is 2.99. The number of nitrogens with one attached hydrogen (secondary N) is 2. The molecule has 0 fully saturated rings. The molecule has 0 saturated heterocycles. The van der Waals surface area contributed by atoms with Gasteiger partial charge < -0.3 is 10.6 Å². The van der Waals surface area contributed by atoms with Crippen molar-refractivity contribution < 1.29 is 14.5 Å². The third kappa shape index (κ3) is 4.36. The number of rotatable bonds is 3. The predicted octanol–water partition coefficient (Wildman–Crippen LogP) is 3.24. The number of nitro groups is 1. The number of anilines is 2. The molecule has 0 aliphatic carbocycles. The van der Waals surface area contributed by atoms with E-state index in [2.05, 4.69) is 26.6 Å². The van der Waals surface area contributed by atoms with E-state index in [-0.39, 0.29) is 11.4 Å². The minimum Gasteiger partial charge on any atom is -0.318 e. The predicted molar refractivity (Wildman–Crippen MR) is 89.2 cm³/mol. The Morgan fingerprint density at radius 2 is 1.65 bits per heavy atom. The van der Waals surface area contributed by atoms with E-state index in [1.165, 1.54) is 18.2 Å². The van der Waals surface area contributed by atoms with Gasteiger partial charge in [0, 0.05) is 22.3 Å². The number of nitrogens with zero attached hydrogens (tertiary/aromatic N) is 1. The van der Waals surface area contributed by atoms with E-state index >= 15 is 0 Å². The lowest BCUT2D eigenvalue weighted by atomic mass is 10.2. The fourth-order valence-corrected chi connectivity index (χ4v) is 2.02. The first-order chi connectivity index (χ1) is 10.9. The molecule has 8 heteroatoms. The van der Waals surface area contributed by atoms with Crippen LogP contribution >= 0.6 is 15.9 Å². The quantitative estimate of drug-likeness (QED) is 0.486. The van der Waals surface area contributed by atoms with Gasteiger partial charge in [0.05, 0.1) is 10.6 Å². The number of nitro benzene ring substituents is 1. The van der Waals surface area contributed by atoms with Crippen molar-refractivity contribution in [3.63, 3.8) is 0 Å². The Kier molecular flexibility index (Phi) is 5.07. The van der Waals surface area contributed by atoms with Gasteiger partial charge in [-0.15, -0.1) is 0 Å². The summed E-state index contributed by atoms with van der Waals surface area (Å²) in [5, 5.41) is 15.6. The van der Waals surface area contributed by atoms with Crippen LogP contribution in [0.1, 0.15) is 5.56 Å². The van der Waals surface area contributed by atoms with E-state index in [4.69, 9.17) is 0 Å². The Hall–Kier alpha value is -2.74. The maximum atomic E-state index is 11.9. The van der Waals surface area contributed by atoms with Crippen molar-refractivity contribution in [3.05, 3.63) is 62.6 Å². The lowest BCUT2D eigenvalue weighted by Crippen LogP contribution is -2.29. The van der Waals surface area contributed by atoms with Crippen LogP contribution in [0.15, 0.2) is 46.9 Å². The highest BCUT2D eigenvalue weighted by molar-refractivity contribution is 9.10. The summed E-state index contributed by atoms with van der Waals surface area (Å²) in [6, 6.07) is 10.7. The van der Waals surface area contributed by atoms with Crippen molar-refractivity contribution in [1.29, 1.82) is 0 Å². The number of halogens is 1. The molecule has 2 aromatic rings. The zero-order valence-corrected chi connectivity index (χ0v) is 13.6. The molecule has 0 heterocycles. The van der Waals surface area contributed by atoms with Gasteiger partial charge >= 0.3 is 11.8 Å². The average Bonchev–Trinajstić information content (AvgIpc) is 2.51. The fraction of sp³-hybridized carbons (Fsp3) is 0.0667. The van der Waals surface area contributed by atoms with Crippen molar-refractivity contribution in [3.8, 4) is 0 Å². The first-order valence-electron chi connectivity index (χ1n) is 6.50. The van der Waals surface area contributed by atoms with Crippen molar-refractivity contribution in [2.45, 2.75) is 6.92 Å². The highest BCUT2D eigenvalue weighted by Gasteiger charge is 2.17. The number of aryl methyl sites for hydroxylation is 1. The SMILES string of the molecule is Cc1ccc([N+](=O)[O-])cc1NC(=O)C(=O)Nc1ccc(Br)cc1. The van der Waals surface area contributed by atoms with E-state index in [1.54, 1.807) is 31.2 Å². The second kappa shape index (κ2) is 7.01. The van der Waals surface area contributed by atoms with Crippen LogP contribution in [0.5, 0.6) is 0 Å². The van der Waals surface area contributed by atoms with E-state index in [0.29, 0.717) is 11.3 Å². The molecule has 0 spiro atoms. The summed E-state index contributed by atoms with van der Waals surface area (Å²) >= 11 is 3.26. The Balaban J connectivity index is 2.09. The number of hydrogen-bond donors (Lipinski definition) is 2. The van der Waals surface area contributed by atoms with Crippen LogP contribution in [-0.4, -0.2) is 16.7 Å². The maximum absolute atomic E-state index is 11.9. The van der Waals surface area contributed by atoms with Gasteiger partial charge in [0.25, 0.3) is 5.69 Å². The molecule has 2 N–H and O–H groups in total. The van der Waals surface area contributed by atoms with Gasteiger partial charge in [0.2, 0.25) is 0 Å². The molecule has 0 bridgehead atoms. The molecular weight excluding hydrogens is 366 g/mol. The van der Waals surface area contributed by atoms with Gasteiger partial charge in [-0.05, 0) is 36.8 Å². The van der Waals surface area contributed by atoms with E-state index in [0.717, 1.165) is 4.47 Å². The highest BCUT2D eigenvalue weighted by atomic mass is 79.9. The topological polar surface area (TPSA) is 101 Å². The Morgan fingerprint density at radius 1 is 1.04 bits per heavy atom. The van der Waals surface area contributed by atoms with Crippen LogP contribution in [0.3, 0.4) is 0 Å². The maximum Gasteiger partial charge on any atom is 0.314 e. The van der Waals surface area contributed by atoms with Crippen LogP contribution in [0, 0.1) is 17.0 Å². The lowest BCUT2D eigenvalue weighted by Gasteiger charge is -2.08. The summed E-state index contributed by atoms with van der Waals surface area (Å²) in [4.78, 5) is 34.0. The number of carbonyl (C=O) groups excluding carboxylic acids is 2. The van der Waals surface area contributed by atoms with Crippen LogP contribution in [0.2, 0.25) is 0 Å².